The molecule has 5 nitrogen and oxygen atoms in total. The number of nitrogens with zero attached hydrogens (tertiary/aromatic N) is 1. The Hall–Kier alpha value is -2.56. The lowest BCUT2D eigenvalue weighted by Crippen LogP contribution is -2.11. The number of aromatic nitrogens is 2. The number of hydrogen-bond donors (Lipinski definition) is 2. The fourth-order valence-electron chi connectivity index (χ4n) is 2.05. The molecule has 90 valence electrons. The van der Waals surface area contributed by atoms with Gasteiger partial charge in [0.05, 0.1) is 10.9 Å². The van der Waals surface area contributed by atoms with Crippen LogP contribution < -0.4 is 11.1 Å². The van der Waals surface area contributed by atoms with Crippen molar-refractivity contribution in [3.63, 3.8) is 0 Å². The van der Waals surface area contributed by atoms with Crippen LogP contribution in [-0.2, 0) is 0 Å². The zero-order valence-electron chi connectivity index (χ0n) is 9.60. The molecule has 3 aromatic rings. The van der Waals surface area contributed by atoms with Crippen molar-refractivity contribution in [1.82, 2.24) is 9.38 Å². The molecule has 0 amide bonds. The second kappa shape index (κ2) is 3.46. The van der Waals surface area contributed by atoms with Gasteiger partial charge in [0.1, 0.15) is 11.3 Å². The van der Waals surface area contributed by atoms with E-state index >= 15 is 0 Å². The summed E-state index contributed by atoms with van der Waals surface area (Å²) in [7, 11) is 0. The van der Waals surface area contributed by atoms with E-state index in [2.05, 4.69) is 4.98 Å². The monoisotopic (exact) mass is 242 g/mol. The Morgan fingerprint density at radius 1 is 1.22 bits per heavy atom. The number of fused-ring (bicyclic) bond motifs is 2. The van der Waals surface area contributed by atoms with Gasteiger partial charge in [-0.1, -0.05) is 6.07 Å². The van der Waals surface area contributed by atoms with E-state index in [0.717, 1.165) is 0 Å². The summed E-state index contributed by atoms with van der Waals surface area (Å²) in [5.74, 6) is -0.0695. The summed E-state index contributed by atoms with van der Waals surface area (Å²) in [4.78, 5) is 26.8. The largest absolute Gasteiger partial charge is 0.505 e. The van der Waals surface area contributed by atoms with Gasteiger partial charge in [-0.15, -0.1) is 0 Å². The number of hydrogen-bond acceptors (Lipinski definition) is 3. The van der Waals surface area contributed by atoms with Gasteiger partial charge in [0.15, 0.2) is 0 Å². The van der Waals surface area contributed by atoms with Gasteiger partial charge in [-0.2, -0.15) is 0 Å². The maximum absolute atomic E-state index is 12.3. The maximum atomic E-state index is 12.3. The second-order valence-corrected chi connectivity index (χ2v) is 4.18. The molecule has 2 aromatic heterocycles. The van der Waals surface area contributed by atoms with Crippen LogP contribution in [0.5, 0.6) is 5.75 Å². The van der Waals surface area contributed by atoms with Gasteiger partial charge in [-0.3, -0.25) is 14.0 Å². The van der Waals surface area contributed by atoms with Gasteiger partial charge in [0.25, 0.3) is 11.1 Å². The van der Waals surface area contributed by atoms with Gasteiger partial charge in [0, 0.05) is 6.20 Å². The first-order valence-corrected chi connectivity index (χ1v) is 5.45. The molecule has 0 spiro atoms. The Morgan fingerprint density at radius 2 is 2.00 bits per heavy atom. The Bertz CT molecular complexity index is 890. The minimum atomic E-state index is -0.409. The molecule has 0 unspecified atom stereocenters. The van der Waals surface area contributed by atoms with Crippen LogP contribution in [0.3, 0.4) is 0 Å². The standard InChI is InChI=1S/C13H10N2O3/c1-7-4-5-8-10(11(7)16)14-12(17)9-3-2-6-15(9)13(8)18/h2-6,16H,1H3,(H,14,17). The summed E-state index contributed by atoms with van der Waals surface area (Å²) in [5.41, 5.74) is 0.294. The molecule has 0 bridgehead atoms. The predicted octanol–water partition coefficient (Wildman–Crippen LogP) is 1.16. The zero-order chi connectivity index (χ0) is 12.9. The first-order valence-electron chi connectivity index (χ1n) is 5.45. The molecule has 0 fully saturated rings. The van der Waals surface area contributed by atoms with E-state index in [1.165, 1.54) is 10.6 Å². The van der Waals surface area contributed by atoms with E-state index < -0.39 is 5.56 Å². The number of rotatable bonds is 0. The van der Waals surface area contributed by atoms with Crippen molar-refractivity contribution in [1.29, 1.82) is 0 Å². The molecule has 0 saturated carbocycles. The van der Waals surface area contributed by atoms with Crippen molar-refractivity contribution in [2.45, 2.75) is 6.92 Å². The van der Waals surface area contributed by atoms with E-state index in [1.54, 1.807) is 31.2 Å². The Morgan fingerprint density at radius 3 is 2.78 bits per heavy atom. The SMILES string of the molecule is Cc1ccc2c(=O)n3cccc3c(=O)[nH]c2c1O. The number of aromatic amines is 1. The second-order valence-electron chi connectivity index (χ2n) is 4.18. The van der Waals surface area contributed by atoms with Crippen LogP contribution in [0, 0.1) is 6.92 Å². The third kappa shape index (κ3) is 1.27. The van der Waals surface area contributed by atoms with Crippen LogP contribution >= 0.6 is 0 Å². The van der Waals surface area contributed by atoms with Crippen LogP contribution in [0.2, 0.25) is 0 Å². The molecule has 0 aliphatic heterocycles. The van der Waals surface area contributed by atoms with Gasteiger partial charge < -0.3 is 10.1 Å². The van der Waals surface area contributed by atoms with E-state index in [0.29, 0.717) is 5.56 Å². The molecule has 5 heteroatoms. The predicted molar refractivity (Wildman–Crippen MR) is 68.2 cm³/mol. The maximum Gasteiger partial charge on any atom is 0.272 e. The van der Waals surface area contributed by atoms with Crippen molar-refractivity contribution in [2.75, 3.05) is 0 Å². The molecule has 1 aromatic carbocycles. The van der Waals surface area contributed by atoms with E-state index in [9.17, 15) is 14.7 Å². The van der Waals surface area contributed by atoms with Gasteiger partial charge in [0.2, 0.25) is 0 Å². The van der Waals surface area contributed by atoms with Crippen molar-refractivity contribution >= 4 is 16.4 Å². The third-order valence-corrected chi connectivity index (χ3v) is 3.05. The number of H-pyrrole nitrogens is 1. The van der Waals surface area contributed by atoms with Crippen LogP contribution in [-0.4, -0.2) is 14.5 Å². The molecule has 3 rings (SSSR count). The number of nitrogens with one attached hydrogen (secondary N) is 1. The number of phenolic OH excluding ortho intramolecular Hbond substituents is 1. The normalized spacial score (nSPS) is 11.2. The lowest BCUT2D eigenvalue weighted by molar-refractivity contribution is 0.476. The molecule has 2 heterocycles. The van der Waals surface area contributed by atoms with Crippen molar-refractivity contribution in [3.05, 3.63) is 56.7 Å². The fraction of sp³-hybridized carbons (Fsp3) is 0.0769. The van der Waals surface area contributed by atoms with Crippen LogP contribution in [0.15, 0.2) is 40.1 Å². The average Bonchev–Trinajstić information content (AvgIpc) is 2.80. The van der Waals surface area contributed by atoms with E-state index in [4.69, 9.17) is 0 Å². The number of aryl methyl sites for hydroxylation is 1. The van der Waals surface area contributed by atoms with Crippen molar-refractivity contribution in [2.24, 2.45) is 0 Å². The van der Waals surface area contributed by atoms with Gasteiger partial charge in [-0.05, 0) is 30.7 Å². The van der Waals surface area contributed by atoms with Crippen molar-refractivity contribution in [3.8, 4) is 5.75 Å². The highest BCUT2D eigenvalue weighted by Crippen LogP contribution is 2.23. The summed E-state index contributed by atoms with van der Waals surface area (Å²) in [6.07, 6.45) is 1.53. The number of phenols is 1. The fourth-order valence-corrected chi connectivity index (χ4v) is 2.05. The topological polar surface area (TPSA) is 74.6 Å². The highest BCUT2D eigenvalue weighted by molar-refractivity contribution is 5.84. The smallest absolute Gasteiger partial charge is 0.272 e. The first kappa shape index (κ1) is 10.6. The number of aromatic hydroxyl groups is 1. The molecule has 0 aliphatic rings. The summed E-state index contributed by atoms with van der Waals surface area (Å²) in [6.45, 7) is 1.71. The molecular formula is C13H10N2O3. The van der Waals surface area contributed by atoms with E-state index in [-0.39, 0.29) is 27.7 Å². The molecule has 18 heavy (non-hydrogen) atoms. The summed E-state index contributed by atoms with van der Waals surface area (Å²) in [6, 6.07) is 6.43. The number of benzene rings is 1. The lowest BCUT2D eigenvalue weighted by Gasteiger charge is -1.99. The Balaban J connectivity index is 2.77. The molecule has 0 radical (unpaired) electrons. The third-order valence-electron chi connectivity index (χ3n) is 3.05. The summed E-state index contributed by atoms with van der Waals surface area (Å²) >= 11 is 0. The molecule has 2 N–H and O–H groups in total. The van der Waals surface area contributed by atoms with Crippen molar-refractivity contribution < 1.29 is 5.11 Å². The molecule has 0 aliphatic carbocycles. The van der Waals surface area contributed by atoms with E-state index in [1.807, 2.05) is 0 Å². The highest BCUT2D eigenvalue weighted by Gasteiger charge is 2.09. The van der Waals surface area contributed by atoms with Gasteiger partial charge >= 0.3 is 0 Å². The zero-order valence-corrected chi connectivity index (χ0v) is 9.60. The molecular weight excluding hydrogens is 232 g/mol. The first-order chi connectivity index (χ1) is 8.59. The minimum absolute atomic E-state index is 0.0695. The quantitative estimate of drug-likeness (QED) is 0.621. The van der Waals surface area contributed by atoms with Gasteiger partial charge in [-0.25, -0.2) is 0 Å². The Labute approximate surface area is 101 Å². The Kier molecular flexibility index (Phi) is 2.04. The highest BCUT2D eigenvalue weighted by atomic mass is 16.3. The summed E-state index contributed by atoms with van der Waals surface area (Å²) < 4.78 is 1.27. The minimum Gasteiger partial charge on any atom is -0.505 e. The lowest BCUT2D eigenvalue weighted by atomic mass is 10.1. The molecule has 0 atom stereocenters. The van der Waals surface area contributed by atoms with Crippen LogP contribution in [0.4, 0.5) is 0 Å². The van der Waals surface area contributed by atoms with Crippen LogP contribution in [0.1, 0.15) is 5.56 Å². The molecule has 0 saturated heterocycles. The summed E-state index contributed by atoms with van der Waals surface area (Å²) in [5, 5.41) is 10.2. The average molecular weight is 242 g/mol. The van der Waals surface area contributed by atoms with Crippen LogP contribution in [0.25, 0.3) is 16.4 Å².